The molecule has 2 aliphatic rings. The summed E-state index contributed by atoms with van der Waals surface area (Å²) in [6.07, 6.45) is 6.28. The normalized spacial score (nSPS) is 18.4. The van der Waals surface area contributed by atoms with Gasteiger partial charge in [-0.1, -0.05) is 45.2 Å². The number of likely N-dealkylation sites (tertiary alicyclic amines) is 1. The Bertz CT molecular complexity index is 731. The molecule has 2 heterocycles. The van der Waals surface area contributed by atoms with Gasteiger partial charge in [0.1, 0.15) is 11.4 Å². The highest BCUT2D eigenvalue weighted by Gasteiger charge is 2.41. The molecule has 2 amide bonds. The number of piperidine rings is 1. The van der Waals surface area contributed by atoms with Crippen LogP contribution in [0.2, 0.25) is 0 Å². The maximum Gasteiger partial charge on any atom is 0.277 e. The lowest BCUT2D eigenvalue weighted by Crippen LogP contribution is -2.38. The molecular weight excluding hydrogens is 352 g/mol. The highest BCUT2D eigenvalue weighted by atomic mass is 16.5. The Labute approximate surface area is 168 Å². The summed E-state index contributed by atoms with van der Waals surface area (Å²) in [6.45, 7) is 6.57. The van der Waals surface area contributed by atoms with Crippen molar-refractivity contribution < 1.29 is 14.3 Å². The van der Waals surface area contributed by atoms with Crippen molar-refractivity contribution in [2.75, 3.05) is 26.7 Å². The minimum Gasteiger partial charge on any atom is -0.497 e. The van der Waals surface area contributed by atoms with Gasteiger partial charge < -0.3 is 9.64 Å². The number of ether oxygens (including phenoxy) is 1. The van der Waals surface area contributed by atoms with Gasteiger partial charge in [0.2, 0.25) is 0 Å². The Morgan fingerprint density at radius 3 is 2.29 bits per heavy atom. The molecule has 1 aromatic rings. The molecule has 0 atom stereocenters. The minimum atomic E-state index is -0.153. The average molecular weight is 385 g/mol. The van der Waals surface area contributed by atoms with E-state index in [0.717, 1.165) is 62.9 Å². The molecule has 0 bridgehead atoms. The molecule has 3 rings (SSSR count). The molecule has 0 spiro atoms. The quantitative estimate of drug-likeness (QED) is 0.500. The highest BCUT2D eigenvalue weighted by Crippen LogP contribution is 2.34. The molecule has 0 aromatic heterocycles. The first-order valence-corrected chi connectivity index (χ1v) is 10.6. The van der Waals surface area contributed by atoms with Gasteiger partial charge >= 0.3 is 0 Å². The zero-order chi connectivity index (χ0) is 20.1. The summed E-state index contributed by atoms with van der Waals surface area (Å²) in [7, 11) is 1.62. The Morgan fingerprint density at radius 1 is 1.00 bits per heavy atom. The van der Waals surface area contributed by atoms with E-state index in [4.69, 9.17) is 4.74 Å². The summed E-state index contributed by atoms with van der Waals surface area (Å²) in [5, 5.41) is 0. The second kappa shape index (κ2) is 9.26. The SMILES string of the molecule is CCCCCCN1C(=O)C(c2ccc(OC)cc2)=C(N2CCC(C)CC2)C1=O. The smallest absolute Gasteiger partial charge is 0.277 e. The van der Waals surface area contributed by atoms with Crippen LogP contribution in [0.5, 0.6) is 5.75 Å². The molecule has 0 saturated carbocycles. The van der Waals surface area contributed by atoms with Crippen LogP contribution >= 0.6 is 0 Å². The van der Waals surface area contributed by atoms with Gasteiger partial charge in [0, 0.05) is 19.6 Å². The van der Waals surface area contributed by atoms with Crippen LogP contribution in [0.15, 0.2) is 30.0 Å². The van der Waals surface area contributed by atoms with E-state index in [9.17, 15) is 9.59 Å². The number of imide groups is 1. The first-order chi connectivity index (χ1) is 13.6. The van der Waals surface area contributed by atoms with E-state index >= 15 is 0 Å². The molecule has 0 radical (unpaired) electrons. The minimum absolute atomic E-state index is 0.123. The molecule has 28 heavy (non-hydrogen) atoms. The third-order valence-electron chi connectivity index (χ3n) is 5.86. The second-order valence-corrected chi connectivity index (χ2v) is 7.94. The van der Waals surface area contributed by atoms with Gasteiger partial charge in [-0.2, -0.15) is 0 Å². The maximum atomic E-state index is 13.2. The number of hydrogen-bond acceptors (Lipinski definition) is 4. The molecule has 1 saturated heterocycles. The summed E-state index contributed by atoms with van der Waals surface area (Å²) < 4.78 is 5.24. The predicted molar refractivity (Wildman–Crippen MR) is 111 cm³/mol. The van der Waals surface area contributed by atoms with Gasteiger partial charge in [0.15, 0.2) is 0 Å². The van der Waals surface area contributed by atoms with Crippen molar-refractivity contribution in [3.05, 3.63) is 35.5 Å². The van der Waals surface area contributed by atoms with Gasteiger partial charge in [-0.15, -0.1) is 0 Å². The number of rotatable bonds is 8. The Balaban J connectivity index is 1.90. The zero-order valence-electron chi connectivity index (χ0n) is 17.4. The van der Waals surface area contributed by atoms with Crippen LogP contribution in [0, 0.1) is 5.92 Å². The van der Waals surface area contributed by atoms with Gasteiger partial charge in [-0.25, -0.2) is 0 Å². The summed E-state index contributed by atoms with van der Waals surface area (Å²) in [5.74, 6) is 1.13. The number of amides is 2. The summed E-state index contributed by atoms with van der Waals surface area (Å²) in [6, 6.07) is 7.46. The van der Waals surface area contributed by atoms with E-state index in [1.165, 1.54) is 4.90 Å². The number of carbonyl (C=O) groups excluding carboxylic acids is 2. The fraction of sp³-hybridized carbons (Fsp3) is 0.565. The van der Waals surface area contributed by atoms with Crippen LogP contribution in [0.4, 0.5) is 0 Å². The summed E-state index contributed by atoms with van der Waals surface area (Å²) in [5.41, 5.74) is 1.94. The average Bonchev–Trinajstić information content (AvgIpc) is 2.96. The Kier molecular flexibility index (Phi) is 6.76. The van der Waals surface area contributed by atoms with E-state index in [1.807, 2.05) is 24.3 Å². The molecule has 2 aliphatic heterocycles. The van der Waals surface area contributed by atoms with Crippen molar-refractivity contribution in [2.24, 2.45) is 5.92 Å². The van der Waals surface area contributed by atoms with Crippen molar-refractivity contribution >= 4 is 17.4 Å². The second-order valence-electron chi connectivity index (χ2n) is 7.94. The van der Waals surface area contributed by atoms with Crippen molar-refractivity contribution in [1.29, 1.82) is 0 Å². The number of methoxy groups -OCH3 is 1. The molecular formula is C23H32N2O3. The Hall–Kier alpha value is -2.30. The predicted octanol–water partition coefficient (Wildman–Crippen LogP) is 4.09. The molecule has 1 aromatic carbocycles. The van der Waals surface area contributed by atoms with E-state index in [2.05, 4.69) is 18.7 Å². The molecule has 5 heteroatoms. The lowest BCUT2D eigenvalue weighted by molar-refractivity contribution is -0.137. The number of unbranched alkanes of at least 4 members (excludes halogenated alkanes) is 3. The van der Waals surface area contributed by atoms with Crippen LogP contribution in [0.25, 0.3) is 5.57 Å². The van der Waals surface area contributed by atoms with Crippen LogP contribution in [-0.2, 0) is 9.59 Å². The van der Waals surface area contributed by atoms with Crippen LogP contribution < -0.4 is 4.74 Å². The zero-order valence-corrected chi connectivity index (χ0v) is 17.4. The van der Waals surface area contributed by atoms with Crippen molar-refractivity contribution in [3.8, 4) is 5.75 Å². The number of hydrogen-bond donors (Lipinski definition) is 0. The third-order valence-corrected chi connectivity index (χ3v) is 5.86. The largest absolute Gasteiger partial charge is 0.497 e. The van der Waals surface area contributed by atoms with Crippen LogP contribution in [0.1, 0.15) is 57.9 Å². The van der Waals surface area contributed by atoms with Gasteiger partial charge in [0.05, 0.1) is 12.7 Å². The molecule has 0 unspecified atom stereocenters. The molecule has 152 valence electrons. The first-order valence-electron chi connectivity index (χ1n) is 10.6. The topological polar surface area (TPSA) is 49.9 Å². The van der Waals surface area contributed by atoms with Crippen molar-refractivity contribution in [1.82, 2.24) is 9.80 Å². The molecule has 1 fully saturated rings. The summed E-state index contributed by atoms with van der Waals surface area (Å²) >= 11 is 0. The standard InChI is InChI=1S/C23H32N2O3/c1-4-5-6-7-14-25-22(26)20(18-8-10-19(28-3)11-9-18)21(23(25)27)24-15-12-17(2)13-16-24/h8-11,17H,4-7,12-16H2,1-3H3. The highest BCUT2D eigenvalue weighted by molar-refractivity contribution is 6.35. The van der Waals surface area contributed by atoms with E-state index in [0.29, 0.717) is 23.7 Å². The number of benzene rings is 1. The third kappa shape index (κ3) is 4.23. The number of carbonyl (C=O) groups is 2. The van der Waals surface area contributed by atoms with Gasteiger partial charge in [-0.3, -0.25) is 14.5 Å². The number of nitrogens with zero attached hydrogens (tertiary/aromatic N) is 2. The molecule has 0 N–H and O–H groups in total. The monoisotopic (exact) mass is 384 g/mol. The van der Waals surface area contributed by atoms with E-state index in [-0.39, 0.29) is 11.8 Å². The van der Waals surface area contributed by atoms with Crippen molar-refractivity contribution in [2.45, 2.75) is 52.4 Å². The maximum absolute atomic E-state index is 13.2. The fourth-order valence-corrected chi connectivity index (χ4v) is 4.01. The molecule has 0 aliphatic carbocycles. The lowest BCUT2D eigenvalue weighted by Gasteiger charge is -2.32. The van der Waals surface area contributed by atoms with Crippen molar-refractivity contribution in [3.63, 3.8) is 0 Å². The Morgan fingerprint density at radius 2 is 1.68 bits per heavy atom. The molecule has 5 nitrogen and oxygen atoms in total. The lowest BCUT2D eigenvalue weighted by atomic mass is 9.97. The van der Waals surface area contributed by atoms with E-state index in [1.54, 1.807) is 7.11 Å². The van der Waals surface area contributed by atoms with E-state index < -0.39 is 0 Å². The van der Waals surface area contributed by atoms with Crippen LogP contribution in [-0.4, -0.2) is 48.4 Å². The van der Waals surface area contributed by atoms with Gasteiger partial charge in [-0.05, 0) is 42.9 Å². The summed E-state index contributed by atoms with van der Waals surface area (Å²) in [4.78, 5) is 30.1. The van der Waals surface area contributed by atoms with Crippen LogP contribution in [0.3, 0.4) is 0 Å². The first kappa shape index (κ1) is 20.4. The fourth-order valence-electron chi connectivity index (χ4n) is 4.01. The van der Waals surface area contributed by atoms with Gasteiger partial charge in [0.25, 0.3) is 11.8 Å².